The van der Waals surface area contributed by atoms with Crippen molar-refractivity contribution in [2.75, 3.05) is 31.5 Å². The molecule has 1 N–H and O–H groups in total. The van der Waals surface area contributed by atoms with Crippen LogP contribution in [-0.4, -0.2) is 40.9 Å². The molecule has 4 rings (SSSR count). The Kier molecular flexibility index (Phi) is 5.07. The molecule has 0 spiro atoms. The summed E-state index contributed by atoms with van der Waals surface area (Å²) in [5, 5.41) is 8.71. The maximum absolute atomic E-state index is 5.06. The lowest BCUT2D eigenvalue weighted by Gasteiger charge is -2.26. The van der Waals surface area contributed by atoms with Crippen molar-refractivity contribution in [3.63, 3.8) is 0 Å². The molecule has 1 aromatic heterocycles. The minimum absolute atomic E-state index is 1.05. The van der Waals surface area contributed by atoms with Gasteiger partial charge in [-0.2, -0.15) is 5.10 Å². The summed E-state index contributed by atoms with van der Waals surface area (Å²) in [4.78, 5) is 2.62. The normalized spacial score (nSPS) is 18.4. The van der Waals surface area contributed by atoms with E-state index in [9.17, 15) is 0 Å². The van der Waals surface area contributed by atoms with E-state index < -0.39 is 0 Å². The Bertz CT molecular complexity index is 713. The van der Waals surface area contributed by atoms with Crippen molar-refractivity contribution in [1.82, 2.24) is 14.7 Å². The van der Waals surface area contributed by atoms with Gasteiger partial charge in [0.2, 0.25) is 0 Å². The summed E-state index contributed by atoms with van der Waals surface area (Å²) in [6.07, 6.45) is 8.85. The molecule has 0 bridgehead atoms. The van der Waals surface area contributed by atoms with Gasteiger partial charge >= 0.3 is 0 Å². The van der Waals surface area contributed by atoms with Crippen molar-refractivity contribution in [2.45, 2.75) is 51.9 Å². The molecule has 1 fully saturated rings. The van der Waals surface area contributed by atoms with Crippen molar-refractivity contribution in [3.05, 3.63) is 41.1 Å². The number of aromatic nitrogens is 2. The van der Waals surface area contributed by atoms with Gasteiger partial charge < -0.3 is 10.2 Å². The molecule has 25 heavy (non-hydrogen) atoms. The first-order valence-corrected chi connectivity index (χ1v) is 9.95. The summed E-state index contributed by atoms with van der Waals surface area (Å²) in [6.45, 7) is 6.88. The summed E-state index contributed by atoms with van der Waals surface area (Å²) in [5.41, 5.74) is 5.22. The lowest BCUT2D eigenvalue weighted by atomic mass is 10.1. The fourth-order valence-electron chi connectivity index (χ4n) is 4.17. The summed E-state index contributed by atoms with van der Waals surface area (Å²) in [5.74, 6) is 1.23. The molecule has 1 saturated heterocycles. The average Bonchev–Trinajstić information content (AvgIpc) is 2.81. The zero-order valence-corrected chi connectivity index (χ0v) is 15.4. The van der Waals surface area contributed by atoms with Crippen LogP contribution in [0.4, 0.5) is 5.82 Å². The molecule has 4 heteroatoms. The second-order valence-corrected chi connectivity index (χ2v) is 7.56. The number of aryl methyl sites for hydroxylation is 1. The number of benzene rings is 1. The molecular formula is C21H30N4. The van der Waals surface area contributed by atoms with Crippen LogP contribution in [0.5, 0.6) is 0 Å². The van der Waals surface area contributed by atoms with Gasteiger partial charge in [-0.05, 0) is 69.8 Å². The van der Waals surface area contributed by atoms with Gasteiger partial charge in [-0.3, -0.25) is 0 Å². The number of fused-ring (bicyclic) bond motifs is 1. The predicted octanol–water partition coefficient (Wildman–Crippen LogP) is 3.96. The fraction of sp³-hybridized carbons (Fsp3) is 0.571. The number of hydrogen-bond donors (Lipinski definition) is 1. The second-order valence-electron chi connectivity index (χ2n) is 7.56. The van der Waals surface area contributed by atoms with Crippen LogP contribution >= 0.6 is 0 Å². The van der Waals surface area contributed by atoms with Crippen LogP contribution in [-0.2, 0) is 12.8 Å². The van der Waals surface area contributed by atoms with Crippen LogP contribution in [0.25, 0.3) is 5.69 Å². The van der Waals surface area contributed by atoms with Crippen LogP contribution in [0.1, 0.15) is 48.9 Å². The first-order chi connectivity index (χ1) is 12.3. The third-order valence-electron chi connectivity index (χ3n) is 5.57. The maximum Gasteiger partial charge on any atom is 0.133 e. The van der Waals surface area contributed by atoms with E-state index in [0.717, 1.165) is 25.9 Å². The molecule has 0 atom stereocenters. The zero-order chi connectivity index (χ0) is 17.1. The number of hydrogen-bond acceptors (Lipinski definition) is 3. The molecule has 3 heterocycles. The smallest absolute Gasteiger partial charge is 0.133 e. The van der Waals surface area contributed by atoms with Crippen LogP contribution in [0.15, 0.2) is 24.3 Å². The number of nitrogens with zero attached hydrogens (tertiary/aromatic N) is 3. The van der Waals surface area contributed by atoms with Crippen molar-refractivity contribution in [1.29, 1.82) is 0 Å². The largest absolute Gasteiger partial charge is 0.370 e. The van der Waals surface area contributed by atoms with Crippen LogP contribution < -0.4 is 5.32 Å². The first kappa shape index (κ1) is 16.6. The molecule has 4 nitrogen and oxygen atoms in total. The molecule has 0 unspecified atom stereocenters. The van der Waals surface area contributed by atoms with E-state index >= 15 is 0 Å². The number of likely N-dealkylation sites (tertiary alicyclic amines) is 1. The Balaban J connectivity index is 1.62. The summed E-state index contributed by atoms with van der Waals surface area (Å²) in [7, 11) is 0. The summed E-state index contributed by atoms with van der Waals surface area (Å²) in [6, 6.07) is 8.68. The molecule has 0 amide bonds. The van der Waals surface area contributed by atoms with E-state index in [1.165, 1.54) is 73.5 Å². The Morgan fingerprint density at radius 1 is 1.08 bits per heavy atom. The number of anilines is 1. The second kappa shape index (κ2) is 7.61. The van der Waals surface area contributed by atoms with E-state index in [1.54, 1.807) is 0 Å². The standard InChI is InChI=1S/C21H30N4/c1-17-8-7-9-18(16-17)25-21-19(10-3-4-12-22-21)20(23-25)11-15-24-13-5-2-6-14-24/h7-9,16,22H,2-6,10-15H2,1H3. The monoisotopic (exact) mass is 338 g/mol. The lowest BCUT2D eigenvalue weighted by molar-refractivity contribution is 0.230. The third-order valence-corrected chi connectivity index (χ3v) is 5.57. The van der Waals surface area contributed by atoms with Gasteiger partial charge in [0.15, 0.2) is 0 Å². The summed E-state index contributed by atoms with van der Waals surface area (Å²) < 4.78 is 2.15. The molecule has 0 radical (unpaired) electrons. The van der Waals surface area contributed by atoms with E-state index in [4.69, 9.17) is 5.10 Å². The van der Waals surface area contributed by atoms with Crippen LogP contribution in [0, 0.1) is 6.92 Å². The van der Waals surface area contributed by atoms with E-state index in [2.05, 4.69) is 46.1 Å². The topological polar surface area (TPSA) is 33.1 Å². The van der Waals surface area contributed by atoms with E-state index in [0.29, 0.717) is 0 Å². The highest BCUT2D eigenvalue weighted by atomic mass is 15.3. The highest BCUT2D eigenvalue weighted by molar-refractivity contribution is 5.54. The van der Waals surface area contributed by atoms with E-state index in [-0.39, 0.29) is 0 Å². The molecule has 2 aromatic rings. The van der Waals surface area contributed by atoms with Gasteiger partial charge in [-0.25, -0.2) is 4.68 Å². The Hall–Kier alpha value is -1.81. The first-order valence-electron chi connectivity index (χ1n) is 9.95. The molecule has 0 saturated carbocycles. The minimum atomic E-state index is 1.05. The van der Waals surface area contributed by atoms with Crippen LogP contribution in [0.2, 0.25) is 0 Å². The lowest BCUT2D eigenvalue weighted by Crippen LogP contribution is -2.31. The average molecular weight is 338 g/mol. The molecule has 134 valence electrons. The number of nitrogens with one attached hydrogen (secondary N) is 1. The van der Waals surface area contributed by atoms with Crippen LogP contribution in [0.3, 0.4) is 0 Å². The SMILES string of the molecule is Cc1cccc(-n2nc(CCN3CCCCC3)c3c2NCCCC3)c1. The number of rotatable bonds is 4. The predicted molar refractivity (Wildman–Crippen MR) is 104 cm³/mol. The zero-order valence-electron chi connectivity index (χ0n) is 15.4. The molecule has 2 aliphatic rings. The van der Waals surface area contributed by atoms with Gasteiger partial charge in [-0.1, -0.05) is 18.6 Å². The highest BCUT2D eigenvalue weighted by Crippen LogP contribution is 2.29. The Morgan fingerprint density at radius 2 is 1.96 bits per heavy atom. The molecule has 1 aromatic carbocycles. The van der Waals surface area contributed by atoms with E-state index in [1.807, 2.05) is 0 Å². The van der Waals surface area contributed by atoms with Gasteiger partial charge in [0.1, 0.15) is 5.82 Å². The van der Waals surface area contributed by atoms with Crippen molar-refractivity contribution in [3.8, 4) is 5.69 Å². The minimum Gasteiger partial charge on any atom is -0.370 e. The molecule has 2 aliphatic heterocycles. The number of piperidine rings is 1. The van der Waals surface area contributed by atoms with Gasteiger partial charge in [-0.15, -0.1) is 0 Å². The van der Waals surface area contributed by atoms with Crippen molar-refractivity contribution in [2.24, 2.45) is 0 Å². The third kappa shape index (κ3) is 3.74. The summed E-state index contributed by atoms with van der Waals surface area (Å²) >= 11 is 0. The Labute approximate surface area is 151 Å². The van der Waals surface area contributed by atoms with Gasteiger partial charge in [0.25, 0.3) is 0 Å². The van der Waals surface area contributed by atoms with Gasteiger partial charge in [0, 0.05) is 25.1 Å². The highest BCUT2D eigenvalue weighted by Gasteiger charge is 2.21. The Morgan fingerprint density at radius 3 is 2.80 bits per heavy atom. The van der Waals surface area contributed by atoms with Crippen molar-refractivity contribution >= 4 is 5.82 Å². The molecular weight excluding hydrogens is 308 g/mol. The molecule has 0 aliphatic carbocycles. The quantitative estimate of drug-likeness (QED) is 0.916. The fourth-order valence-corrected chi connectivity index (χ4v) is 4.17. The maximum atomic E-state index is 5.06. The van der Waals surface area contributed by atoms with Crippen molar-refractivity contribution < 1.29 is 0 Å². The van der Waals surface area contributed by atoms with Gasteiger partial charge in [0.05, 0.1) is 11.4 Å².